The summed E-state index contributed by atoms with van der Waals surface area (Å²) in [5.74, 6) is 0. The van der Waals surface area contributed by atoms with Gasteiger partial charge in [0.1, 0.15) is 5.69 Å². The molecule has 1 aliphatic rings. The van der Waals surface area contributed by atoms with Gasteiger partial charge in [-0.2, -0.15) is 0 Å². The Labute approximate surface area is 166 Å². The van der Waals surface area contributed by atoms with Crippen molar-refractivity contribution >= 4 is 40.2 Å². The van der Waals surface area contributed by atoms with Crippen LogP contribution >= 0.6 is 23.2 Å². The van der Waals surface area contributed by atoms with Gasteiger partial charge in [-0.25, -0.2) is 4.79 Å². The number of urea groups is 1. The lowest BCUT2D eigenvalue weighted by molar-refractivity contribution is 0.0909. The highest BCUT2D eigenvalue weighted by Crippen LogP contribution is 2.31. The first-order valence-electron chi connectivity index (χ1n) is 8.59. The van der Waals surface area contributed by atoms with E-state index in [1.54, 1.807) is 11.0 Å². The fraction of sp³-hybridized carbons (Fsp3) is 0.263. The topological polar surface area (TPSA) is 75.6 Å². The number of para-hydroxylation sites is 1. The van der Waals surface area contributed by atoms with E-state index in [0.29, 0.717) is 41.8 Å². The van der Waals surface area contributed by atoms with E-state index < -0.39 is 6.03 Å². The van der Waals surface area contributed by atoms with E-state index in [4.69, 9.17) is 33.5 Å². The van der Waals surface area contributed by atoms with Crippen LogP contribution in [0.2, 0.25) is 10.0 Å². The molecule has 8 heteroatoms. The number of benzene rings is 2. The highest BCUT2D eigenvalue weighted by molar-refractivity contribution is 6.42. The number of amides is 2. The molecule has 140 valence electrons. The van der Waals surface area contributed by atoms with Gasteiger partial charge in [0.15, 0.2) is 5.58 Å². The summed E-state index contributed by atoms with van der Waals surface area (Å²) in [6.45, 7) is 2.51. The van der Waals surface area contributed by atoms with Crippen molar-refractivity contribution in [3.05, 3.63) is 63.8 Å². The molecule has 2 amide bonds. The number of aromatic nitrogens is 1. The molecule has 0 bridgehead atoms. The molecule has 1 aromatic heterocycles. The summed E-state index contributed by atoms with van der Waals surface area (Å²) in [5, 5.41) is 6.19. The predicted octanol–water partition coefficient (Wildman–Crippen LogP) is 4.07. The number of fused-ring (bicyclic) bond motifs is 1. The van der Waals surface area contributed by atoms with Crippen LogP contribution in [-0.2, 0) is 6.54 Å². The van der Waals surface area contributed by atoms with Gasteiger partial charge in [0.2, 0.25) is 0 Å². The van der Waals surface area contributed by atoms with Crippen LogP contribution in [0.15, 0.2) is 47.0 Å². The van der Waals surface area contributed by atoms with Gasteiger partial charge in [-0.05, 0) is 29.8 Å². The number of primary amides is 1. The van der Waals surface area contributed by atoms with E-state index in [0.717, 1.165) is 16.6 Å². The molecule has 0 aliphatic carbocycles. The van der Waals surface area contributed by atoms with Crippen LogP contribution in [0.3, 0.4) is 0 Å². The smallest absolute Gasteiger partial charge is 0.315 e. The van der Waals surface area contributed by atoms with Crippen molar-refractivity contribution in [2.24, 2.45) is 5.73 Å². The maximum absolute atomic E-state index is 12.0. The molecule has 2 aromatic carbocycles. The minimum atomic E-state index is -0.457. The highest BCUT2D eigenvalue weighted by Gasteiger charge is 2.33. The molecular formula is C19H18Cl2N4O2. The zero-order chi connectivity index (χ0) is 19.0. The van der Waals surface area contributed by atoms with Gasteiger partial charge in [-0.15, -0.1) is 0 Å². The molecule has 1 aliphatic heterocycles. The second-order valence-corrected chi connectivity index (χ2v) is 7.41. The van der Waals surface area contributed by atoms with E-state index in [-0.39, 0.29) is 6.04 Å². The van der Waals surface area contributed by atoms with Crippen molar-refractivity contribution in [3.63, 3.8) is 0 Å². The van der Waals surface area contributed by atoms with E-state index in [1.165, 1.54) is 0 Å². The fourth-order valence-electron chi connectivity index (χ4n) is 3.52. The maximum atomic E-state index is 12.0. The average Bonchev–Trinajstić information content (AvgIpc) is 3.08. The molecule has 4 rings (SSSR count). The molecule has 3 aromatic rings. The SMILES string of the molecule is NC(=O)N1CCN(Cc2ccc(Cl)c(Cl)c2)CC1c1noc2ccccc12. The Balaban J connectivity index is 1.61. The molecule has 1 atom stereocenters. The molecule has 0 spiro atoms. The predicted molar refractivity (Wildman–Crippen MR) is 105 cm³/mol. The van der Waals surface area contributed by atoms with Gasteiger partial charge in [-0.3, -0.25) is 4.90 Å². The number of hydrogen-bond donors (Lipinski definition) is 1. The zero-order valence-corrected chi connectivity index (χ0v) is 16.0. The van der Waals surface area contributed by atoms with Crippen LogP contribution in [0.5, 0.6) is 0 Å². The number of carbonyl (C=O) groups excluding carboxylic acids is 1. The van der Waals surface area contributed by atoms with Crippen molar-refractivity contribution in [2.75, 3.05) is 19.6 Å². The van der Waals surface area contributed by atoms with E-state index in [9.17, 15) is 4.79 Å². The van der Waals surface area contributed by atoms with Gasteiger partial charge >= 0.3 is 6.03 Å². The van der Waals surface area contributed by atoms with E-state index >= 15 is 0 Å². The van der Waals surface area contributed by atoms with Crippen molar-refractivity contribution < 1.29 is 9.32 Å². The summed E-state index contributed by atoms with van der Waals surface area (Å²) in [5.41, 5.74) is 8.09. The Kier molecular flexibility index (Phi) is 4.95. The minimum absolute atomic E-state index is 0.275. The summed E-state index contributed by atoms with van der Waals surface area (Å²) in [6.07, 6.45) is 0. The highest BCUT2D eigenvalue weighted by atomic mass is 35.5. The first-order valence-corrected chi connectivity index (χ1v) is 9.35. The second kappa shape index (κ2) is 7.38. The summed E-state index contributed by atoms with van der Waals surface area (Å²) in [7, 11) is 0. The summed E-state index contributed by atoms with van der Waals surface area (Å²) in [6, 6.07) is 12.5. The number of rotatable bonds is 3. The van der Waals surface area contributed by atoms with Gasteiger partial charge in [-0.1, -0.05) is 46.6 Å². The second-order valence-electron chi connectivity index (χ2n) is 6.59. The van der Waals surface area contributed by atoms with Crippen molar-refractivity contribution in [3.8, 4) is 0 Å². The summed E-state index contributed by atoms with van der Waals surface area (Å²) in [4.78, 5) is 15.9. The Morgan fingerprint density at radius 2 is 2.00 bits per heavy atom. The van der Waals surface area contributed by atoms with Gasteiger partial charge < -0.3 is 15.2 Å². The average molecular weight is 405 g/mol. The largest absolute Gasteiger partial charge is 0.356 e. The Morgan fingerprint density at radius 3 is 2.78 bits per heavy atom. The van der Waals surface area contributed by atoms with Gasteiger partial charge in [0.25, 0.3) is 0 Å². The number of nitrogens with zero attached hydrogens (tertiary/aromatic N) is 3. The summed E-state index contributed by atoms with van der Waals surface area (Å²) < 4.78 is 5.43. The molecular weight excluding hydrogens is 387 g/mol. The van der Waals surface area contributed by atoms with Crippen LogP contribution in [0.25, 0.3) is 11.0 Å². The third-order valence-corrected chi connectivity index (χ3v) is 5.60. The zero-order valence-electron chi connectivity index (χ0n) is 14.4. The number of carbonyl (C=O) groups is 1. The van der Waals surface area contributed by atoms with E-state index in [1.807, 2.05) is 36.4 Å². The van der Waals surface area contributed by atoms with Crippen LogP contribution in [0.1, 0.15) is 17.3 Å². The lowest BCUT2D eigenvalue weighted by Crippen LogP contribution is -2.52. The van der Waals surface area contributed by atoms with Crippen molar-refractivity contribution in [1.29, 1.82) is 0 Å². The quantitative estimate of drug-likeness (QED) is 0.713. The van der Waals surface area contributed by atoms with Crippen molar-refractivity contribution in [2.45, 2.75) is 12.6 Å². The fourth-order valence-corrected chi connectivity index (χ4v) is 3.84. The molecule has 2 heterocycles. The van der Waals surface area contributed by atoms with E-state index in [2.05, 4.69) is 10.1 Å². The normalized spacial score (nSPS) is 18.1. The van der Waals surface area contributed by atoms with Crippen molar-refractivity contribution in [1.82, 2.24) is 15.0 Å². The number of halogens is 2. The lowest BCUT2D eigenvalue weighted by atomic mass is 10.0. The minimum Gasteiger partial charge on any atom is -0.356 e. The molecule has 0 radical (unpaired) electrons. The number of nitrogens with two attached hydrogens (primary N) is 1. The molecule has 1 saturated heterocycles. The third-order valence-electron chi connectivity index (χ3n) is 4.86. The van der Waals surface area contributed by atoms with Crippen LogP contribution < -0.4 is 5.73 Å². The van der Waals surface area contributed by atoms with Gasteiger partial charge in [0.05, 0.1) is 16.1 Å². The lowest BCUT2D eigenvalue weighted by Gasteiger charge is -2.39. The monoisotopic (exact) mass is 404 g/mol. The Hall–Kier alpha value is -2.28. The first-order chi connectivity index (χ1) is 13.0. The Morgan fingerprint density at radius 1 is 1.19 bits per heavy atom. The van der Waals surface area contributed by atoms with Gasteiger partial charge in [0, 0.05) is 31.6 Å². The molecule has 1 unspecified atom stereocenters. The molecule has 0 saturated carbocycles. The van der Waals surface area contributed by atoms with Crippen LogP contribution in [-0.4, -0.2) is 40.6 Å². The molecule has 2 N–H and O–H groups in total. The summed E-state index contributed by atoms with van der Waals surface area (Å²) >= 11 is 12.1. The third kappa shape index (κ3) is 3.60. The van der Waals surface area contributed by atoms with Crippen LogP contribution in [0.4, 0.5) is 4.79 Å². The first kappa shape index (κ1) is 18.1. The maximum Gasteiger partial charge on any atom is 0.315 e. The molecule has 27 heavy (non-hydrogen) atoms. The standard InChI is InChI=1S/C19H18Cl2N4O2/c20-14-6-5-12(9-15(14)21)10-24-7-8-25(19(22)26)16(11-24)18-13-3-1-2-4-17(13)27-23-18/h1-6,9,16H,7-8,10-11H2,(H2,22,26). The number of piperazine rings is 1. The molecule has 6 nitrogen and oxygen atoms in total. The molecule has 1 fully saturated rings. The van der Waals surface area contributed by atoms with Crippen LogP contribution in [0, 0.1) is 0 Å². The Bertz CT molecular complexity index is 991. The number of hydrogen-bond acceptors (Lipinski definition) is 4.